The molecule has 1 aliphatic rings. The van der Waals surface area contributed by atoms with Crippen molar-refractivity contribution < 1.29 is 9.47 Å². The summed E-state index contributed by atoms with van der Waals surface area (Å²) in [6.45, 7) is 7.81. The minimum atomic E-state index is -0.0150. The number of rotatable bonds is 9. The van der Waals surface area contributed by atoms with E-state index in [1.54, 1.807) is 0 Å². The predicted molar refractivity (Wildman–Crippen MR) is 66.5 cm³/mol. The summed E-state index contributed by atoms with van der Waals surface area (Å²) in [6, 6.07) is 0. The summed E-state index contributed by atoms with van der Waals surface area (Å²) in [5.74, 6) is 0.947. The van der Waals surface area contributed by atoms with Crippen molar-refractivity contribution in [2.45, 2.75) is 45.8 Å². The summed E-state index contributed by atoms with van der Waals surface area (Å²) in [4.78, 5) is 2.41. The van der Waals surface area contributed by atoms with Crippen molar-refractivity contribution >= 4 is 0 Å². The molecule has 0 amide bonds. The average Bonchev–Trinajstić information content (AvgIpc) is 2.21. The molecule has 0 saturated heterocycles. The molecule has 0 bridgehead atoms. The van der Waals surface area contributed by atoms with Crippen molar-refractivity contribution in [1.29, 1.82) is 0 Å². The van der Waals surface area contributed by atoms with Gasteiger partial charge in [0.15, 0.2) is 6.29 Å². The first-order chi connectivity index (χ1) is 7.76. The first-order valence-electron chi connectivity index (χ1n) is 6.68. The molecule has 0 atom stereocenters. The third-order valence-electron chi connectivity index (χ3n) is 3.25. The van der Waals surface area contributed by atoms with Crippen LogP contribution in [0.1, 0.15) is 39.5 Å². The first-order valence-corrected chi connectivity index (χ1v) is 6.68. The zero-order valence-electron chi connectivity index (χ0n) is 11.1. The summed E-state index contributed by atoms with van der Waals surface area (Å²) in [5.41, 5.74) is 0. The quantitative estimate of drug-likeness (QED) is 0.567. The van der Waals surface area contributed by atoms with Gasteiger partial charge >= 0.3 is 0 Å². The van der Waals surface area contributed by atoms with Crippen LogP contribution < -0.4 is 0 Å². The second kappa shape index (κ2) is 8.04. The Balaban J connectivity index is 2.08. The molecule has 16 heavy (non-hydrogen) atoms. The van der Waals surface area contributed by atoms with E-state index >= 15 is 0 Å². The Morgan fingerprint density at radius 2 is 1.81 bits per heavy atom. The molecular weight excluding hydrogens is 202 g/mol. The normalized spacial score (nSPS) is 17.1. The van der Waals surface area contributed by atoms with Gasteiger partial charge in [-0.1, -0.05) is 6.42 Å². The van der Waals surface area contributed by atoms with E-state index in [1.807, 2.05) is 13.8 Å². The van der Waals surface area contributed by atoms with Crippen LogP contribution in [0, 0.1) is 5.92 Å². The predicted octanol–water partition coefficient (Wildman–Crippen LogP) is 2.51. The minimum Gasteiger partial charge on any atom is -0.353 e. The second-order valence-corrected chi connectivity index (χ2v) is 4.69. The fourth-order valence-corrected chi connectivity index (χ4v) is 2.12. The molecule has 0 radical (unpaired) electrons. The van der Waals surface area contributed by atoms with Gasteiger partial charge in [0.05, 0.1) is 0 Å². The van der Waals surface area contributed by atoms with Gasteiger partial charge in [0.2, 0.25) is 0 Å². The van der Waals surface area contributed by atoms with Gasteiger partial charge < -0.3 is 14.4 Å². The van der Waals surface area contributed by atoms with E-state index in [2.05, 4.69) is 11.9 Å². The fraction of sp³-hybridized carbons (Fsp3) is 1.00. The van der Waals surface area contributed by atoms with E-state index < -0.39 is 0 Å². The van der Waals surface area contributed by atoms with Crippen molar-refractivity contribution in [2.75, 3.05) is 33.4 Å². The minimum absolute atomic E-state index is 0.0150. The van der Waals surface area contributed by atoms with Crippen molar-refractivity contribution in [2.24, 2.45) is 5.92 Å². The van der Waals surface area contributed by atoms with Gasteiger partial charge in [-0.25, -0.2) is 0 Å². The van der Waals surface area contributed by atoms with E-state index in [4.69, 9.17) is 9.47 Å². The Hall–Kier alpha value is -0.120. The lowest BCUT2D eigenvalue weighted by atomic mass is 9.85. The van der Waals surface area contributed by atoms with Crippen LogP contribution in [0.25, 0.3) is 0 Å². The molecule has 0 spiro atoms. The largest absolute Gasteiger partial charge is 0.353 e. The highest BCUT2D eigenvalue weighted by Crippen LogP contribution is 2.26. The van der Waals surface area contributed by atoms with Crippen molar-refractivity contribution in [3.05, 3.63) is 0 Å². The summed E-state index contributed by atoms with van der Waals surface area (Å²) in [5, 5.41) is 0. The zero-order chi connectivity index (χ0) is 11.8. The zero-order valence-corrected chi connectivity index (χ0v) is 11.1. The van der Waals surface area contributed by atoms with Gasteiger partial charge in [-0.15, -0.1) is 0 Å². The smallest absolute Gasteiger partial charge is 0.158 e. The molecule has 0 N–H and O–H groups in total. The Bertz CT molecular complexity index is 165. The van der Waals surface area contributed by atoms with Gasteiger partial charge in [-0.05, 0) is 39.7 Å². The number of nitrogens with zero attached hydrogens (tertiary/aromatic N) is 1. The molecule has 1 rings (SSSR count). The maximum Gasteiger partial charge on any atom is 0.158 e. The topological polar surface area (TPSA) is 21.7 Å². The molecule has 0 aliphatic heterocycles. The lowest BCUT2D eigenvalue weighted by molar-refractivity contribution is -0.141. The Labute approximate surface area is 100 Å². The van der Waals surface area contributed by atoms with Crippen LogP contribution in [0.2, 0.25) is 0 Å². The lowest BCUT2D eigenvalue weighted by Gasteiger charge is -2.30. The van der Waals surface area contributed by atoms with Gasteiger partial charge in [0.1, 0.15) is 0 Å². The molecule has 1 aliphatic carbocycles. The Kier molecular flexibility index (Phi) is 7.01. The van der Waals surface area contributed by atoms with Crippen LogP contribution in [-0.2, 0) is 9.47 Å². The van der Waals surface area contributed by atoms with E-state index in [0.717, 1.165) is 32.1 Å². The summed E-state index contributed by atoms with van der Waals surface area (Å²) < 4.78 is 11.1. The second-order valence-electron chi connectivity index (χ2n) is 4.69. The van der Waals surface area contributed by atoms with Crippen LogP contribution >= 0.6 is 0 Å². The standard InChI is InChI=1S/C13H27NO2/c1-4-15-13(16-5-2)9-10-14(3)11-12-7-6-8-12/h12-13H,4-11H2,1-3H3. The molecule has 0 aromatic carbocycles. The summed E-state index contributed by atoms with van der Waals surface area (Å²) in [7, 11) is 2.20. The van der Waals surface area contributed by atoms with Crippen molar-refractivity contribution in [3.8, 4) is 0 Å². The molecule has 1 fully saturated rings. The molecule has 0 heterocycles. The highest BCUT2D eigenvalue weighted by molar-refractivity contribution is 4.72. The molecule has 0 unspecified atom stereocenters. The monoisotopic (exact) mass is 229 g/mol. The van der Waals surface area contributed by atoms with Crippen molar-refractivity contribution in [1.82, 2.24) is 4.90 Å². The van der Waals surface area contributed by atoms with Crippen LogP contribution in [-0.4, -0.2) is 44.5 Å². The Morgan fingerprint density at radius 3 is 2.25 bits per heavy atom. The Morgan fingerprint density at radius 1 is 1.19 bits per heavy atom. The van der Waals surface area contributed by atoms with Gasteiger partial charge in [-0.2, -0.15) is 0 Å². The molecule has 96 valence electrons. The average molecular weight is 229 g/mol. The summed E-state index contributed by atoms with van der Waals surface area (Å²) >= 11 is 0. The molecule has 3 heteroatoms. The molecule has 0 aromatic heterocycles. The highest BCUT2D eigenvalue weighted by atomic mass is 16.7. The molecular formula is C13H27NO2. The van der Waals surface area contributed by atoms with E-state index in [0.29, 0.717) is 0 Å². The number of ether oxygens (including phenoxy) is 2. The molecule has 3 nitrogen and oxygen atoms in total. The molecule has 0 aromatic rings. The van der Waals surface area contributed by atoms with Gasteiger partial charge in [-0.3, -0.25) is 0 Å². The van der Waals surface area contributed by atoms with E-state index in [1.165, 1.54) is 25.8 Å². The van der Waals surface area contributed by atoms with E-state index in [-0.39, 0.29) is 6.29 Å². The van der Waals surface area contributed by atoms with Gasteiger partial charge in [0, 0.05) is 32.7 Å². The maximum atomic E-state index is 5.53. The van der Waals surface area contributed by atoms with Gasteiger partial charge in [0.25, 0.3) is 0 Å². The fourth-order valence-electron chi connectivity index (χ4n) is 2.12. The van der Waals surface area contributed by atoms with Crippen LogP contribution in [0.5, 0.6) is 0 Å². The SMILES string of the molecule is CCOC(CCN(C)CC1CCC1)OCC. The maximum absolute atomic E-state index is 5.53. The molecule has 1 saturated carbocycles. The number of hydrogen-bond donors (Lipinski definition) is 0. The third kappa shape index (κ3) is 5.28. The highest BCUT2D eigenvalue weighted by Gasteiger charge is 2.19. The lowest BCUT2D eigenvalue weighted by Crippen LogP contribution is -2.32. The number of hydrogen-bond acceptors (Lipinski definition) is 3. The van der Waals surface area contributed by atoms with Crippen molar-refractivity contribution in [3.63, 3.8) is 0 Å². The third-order valence-corrected chi connectivity index (χ3v) is 3.25. The van der Waals surface area contributed by atoms with Crippen LogP contribution in [0.15, 0.2) is 0 Å². The van der Waals surface area contributed by atoms with Crippen LogP contribution in [0.3, 0.4) is 0 Å². The first kappa shape index (κ1) is 13.9. The van der Waals surface area contributed by atoms with E-state index in [9.17, 15) is 0 Å². The summed E-state index contributed by atoms with van der Waals surface area (Å²) in [6.07, 6.45) is 5.23. The van der Waals surface area contributed by atoms with Crippen LogP contribution in [0.4, 0.5) is 0 Å².